The Morgan fingerprint density at radius 1 is 0.933 bits per heavy atom. The van der Waals surface area contributed by atoms with Crippen LogP contribution in [0.4, 0.5) is 4.39 Å². The van der Waals surface area contributed by atoms with E-state index in [1.54, 1.807) is 18.2 Å². The van der Waals surface area contributed by atoms with E-state index in [1.807, 2.05) is 31.2 Å². The molecule has 3 rings (SSSR count). The van der Waals surface area contributed by atoms with Crippen LogP contribution in [-0.4, -0.2) is 13.2 Å². The predicted octanol–water partition coefficient (Wildman–Crippen LogP) is 6.10. The van der Waals surface area contributed by atoms with Gasteiger partial charge in [-0.1, -0.05) is 59.6 Å². The first-order chi connectivity index (χ1) is 14.6. The molecule has 3 nitrogen and oxygen atoms in total. The number of hydrogen-bond acceptors (Lipinski definition) is 3. The minimum Gasteiger partial charge on any atom is -0.490 e. The smallest absolute Gasteiger partial charge is 0.163 e. The molecule has 3 aromatic carbocycles. The molecule has 30 heavy (non-hydrogen) atoms. The van der Waals surface area contributed by atoms with Crippen molar-refractivity contribution in [2.24, 2.45) is 0 Å². The lowest BCUT2D eigenvalue weighted by Gasteiger charge is -2.15. The van der Waals surface area contributed by atoms with Gasteiger partial charge in [0, 0.05) is 17.6 Å². The fraction of sp³-hybridized carbons (Fsp3) is 0.280. The summed E-state index contributed by atoms with van der Waals surface area (Å²) in [4.78, 5) is 0. The molecule has 0 aliphatic heterocycles. The largest absolute Gasteiger partial charge is 0.490 e. The molecular formula is C25H27ClFNO2. The Balaban J connectivity index is 1.62. The van der Waals surface area contributed by atoms with E-state index < -0.39 is 0 Å². The topological polar surface area (TPSA) is 30.5 Å². The lowest BCUT2D eigenvalue weighted by molar-refractivity contribution is 0.269. The molecule has 0 aromatic heterocycles. The Kier molecular flexibility index (Phi) is 8.12. The van der Waals surface area contributed by atoms with E-state index in [0.717, 1.165) is 11.1 Å². The van der Waals surface area contributed by atoms with Gasteiger partial charge in [0.2, 0.25) is 0 Å². The summed E-state index contributed by atoms with van der Waals surface area (Å²) < 4.78 is 25.5. The number of halogens is 2. The monoisotopic (exact) mass is 427 g/mol. The van der Waals surface area contributed by atoms with E-state index in [0.29, 0.717) is 54.8 Å². The molecule has 0 spiro atoms. The summed E-state index contributed by atoms with van der Waals surface area (Å²) in [5, 5.41) is 3.93. The number of aryl methyl sites for hydroxylation is 1. The average Bonchev–Trinajstić information content (AvgIpc) is 2.73. The van der Waals surface area contributed by atoms with Gasteiger partial charge in [0.25, 0.3) is 0 Å². The van der Waals surface area contributed by atoms with Crippen molar-refractivity contribution < 1.29 is 13.9 Å². The Hall–Kier alpha value is -2.56. The maximum atomic E-state index is 13.7. The van der Waals surface area contributed by atoms with Gasteiger partial charge in [0.1, 0.15) is 12.4 Å². The zero-order valence-corrected chi connectivity index (χ0v) is 18.1. The van der Waals surface area contributed by atoms with Crippen molar-refractivity contribution in [1.82, 2.24) is 5.32 Å². The fourth-order valence-corrected chi connectivity index (χ4v) is 3.42. The Morgan fingerprint density at radius 2 is 1.73 bits per heavy atom. The summed E-state index contributed by atoms with van der Waals surface area (Å²) in [6.45, 7) is 6.17. The van der Waals surface area contributed by atoms with E-state index in [-0.39, 0.29) is 5.82 Å². The van der Waals surface area contributed by atoms with Gasteiger partial charge in [-0.2, -0.15) is 0 Å². The summed E-state index contributed by atoms with van der Waals surface area (Å²) in [6, 6.07) is 18.7. The van der Waals surface area contributed by atoms with Crippen molar-refractivity contribution in [3.8, 4) is 11.5 Å². The first-order valence-electron chi connectivity index (χ1n) is 10.1. The maximum absolute atomic E-state index is 13.7. The van der Waals surface area contributed by atoms with Crippen LogP contribution >= 0.6 is 11.6 Å². The van der Waals surface area contributed by atoms with Crippen LogP contribution < -0.4 is 14.8 Å². The molecule has 0 aliphatic carbocycles. The summed E-state index contributed by atoms with van der Waals surface area (Å²) in [7, 11) is 0. The van der Waals surface area contributed by atoms with E-state index in [4.69, 9.17) is 21.1 Å². The van der Waals surface area contributed by atoms with E-state index >= 15 is 0 Å². The van der Waals surface area contributed by atoms with E-state index in [1.165, 1.54) is 11.6 Å². The Bertz CT molecular complexity index is 977. The lowest BCUT2D eigenvalue weighted by Crippen LogP contribution is -2.17. The first kappa shape index (κ1) is 22.1. The normalized spacial score (nSPS) is 10.8. The van der Waals surface area contributed by atoms with Crippen molar-refractivity contribution in [2.45, 2.75) is 33.4 Å². The summed E-state index contributed by atoms with van der Waals surface area (Å²) in [5.74, 6) is 1.12. The number of rotatable bonds is 10. The number of hydrogen-bond donors (Lipinski definition) is 1. The third kappa shape index (κ3) is 6.22. The van der Waals surface area contributed by atoms with Crippen LogP contribution in [0.3, 0.4) is 0 Å². The van der Waals surface area contributed by atoms with Gasteiger partial charge in [-0.05, 0) is 55.6 Å². The first-order valence-corrected chi connectivity index (χ1v) is 10.5. The Morgan fingerprint density at radius 3 is 2.50 bits per heavy atom. The highest BCUT2D eigenvalue weighted by Crippen LogP contribution is 2.34. The molecule has 0 radical (unpaired) electrons. The van der Waals surface area contributed by atoms with Crippen molar-refractivity contribution in [3.05, 3.63) is 93.8 Å². The van der Waals surface area contributed by atoms with Crippen molar-refractivity contribution in [2.75, 3.05) is 13.2 Å². The molecule has 0 unspecified atom stereocenters. The van der Waals surface area contributed by atoms with Crippen LogP contribution in [0.2, 0.25) is 5.02 Å². The van der Waals surface area contributed by atoms with Gasteiger partial charge in [-0.3, -0.25) is 0 Å². The molecule has 5 heteroatoms. The second-order valence-electron chi connectivity index (χ2n) is 7.12. The molecule has 1 N–H and O–H groups in total. The highest BCUT2D eigenvalue weighted by molar-refractivity contribution is 6.31. The molecule has 0 atom stereocenters. The third-order valence-electron chi connectivity index (χ3n) is 4.73. The van der Waals surface area contributed by atoms with Gasteiger partial charge in [-0.15, -0.1) is 0 Å². The molecule has 0 heterocycles. The molecule has 0 aliphatic rings. The van der Waals surface area contributed by atoms with Crippen LogP contribution in [0.1, 0.15) is 29.2 Å². The molecule has 0 saturated carbocycles. The zero-order chi connectivity index (χ0) is 21.3. The SMILES string of the molecule is CCOc1cc(CNCCc2ccccc2F)c(Cl)cc1OCc1cccc(C)c1. The third-order valence-corrected chi connectivity index (χ3v) is 5.09. The summed E-state index contributed by atoms with van der Waals surface area (Å²) in [5.41, 5.74) is 3.89. The minimum absolute atomic E-state index is 0.175. The van der Waals surface area contributed by atoms with Crippen molar-refractivity contribution >= 4 is 11.6 Å². The van der Waals surface area contributed by atoms with Crippen LogP contribution in [0.5, 0.6) is 11.5 Å². The lowest BCUT2D eigenvalue weighted by atomic mass is 10.1. The van der Waals surface area contributed by atoms with Crippen LogP contribution in [-0.2, 0) is 19.6 Å². The summed E-state index contributed by atoms with van der Waals surface area (Å²) in [6.07, 6.45) is 0.611. The zero-order valence-electron chi connectivity index (χ0n) is 17.4. The van der Waals surface area contributed by atoms with Crippen molar-refractivity contribution in [1.29, 1.82) is 0 Å². The van der Waals surface area contributed by atoms with Gasteiger partial charge in [-0.25, -0.2) is 4.39 Å². The fourth-order valence-electron chi connectivity index (χ4n) is 3.20. The standard InChI is InChI=1S/C25H27ClFNO2/c1-3-29-24-14-21(16-28-12-11-20-9-4-5-10-23(20)27)22(26)15-25(24)30-17-19-8-6-7-18(2)13-19/h4-10,13-15,28H,3,11-12,16-17H2,1-2H3. The second-order valence-corrected chi connectivity index (χ2v) is 7.53. The molecule has 0 bridgehead atoms. The minimum atomic E-state index is -0.175. The van der Waals surface area contributed by atoms with Crippen LogP contribution in [0, 0.1) is 12.7 Å². The molecule has 0 saturated heterocycles. The van der Waals surface area contributed by atoms with Gasteiger partial charge < -0.3 is 14.8 Å². The molecule has 158 valence electrons. The van der Waals surface area contributed by atoms with Crippen LogP contribution in [0.15, 0.2) is 60.7 Å². The highest BCUT2D eigenvalue weighted by Gasteiger charge is 2.12. The second kappa shape index (κ2) is 11.0. The highest BCUT2D eigenvalue weighted by atomic mass is 35.5. The van der Waals surface area contributed by atoms with Gasteiger partial charge >= 0.3 is 0 Å². The number of nitrogens with one attached hydrogen (secondary N) is 1. The van der Waals surface area contributed by atoms with E-state index in [9.17, 15) is 4.39 Å². The van der Waals surface area contributed by atoms with Crippen LogP contribution in [0.25, 0.3) is 0 Å². The number of benzene rings is 3. The van der Waals surface area contributed by atoms with Gasteiger partial charge in [0.15, 0.2) is 11.5 Å². The average molecular weight is 428 g/mol. The quantitative estimate of drug-likeness (QED) is 0.397. The van der Waals surface area contributed by atoms with Gasteiger partial charge in [0.05, 0.1) is 6.61 Å². The molecule has 0 amide bonds. The Labute approximate surface area is 182 Å². The summed E-state index contributed by atoms with van der Waals surface area (Å²) >= 11 is 6.49. The predicted molar refractivity (Wildman–Crippen MR) is 120 cm³/mol. The van der Waals surface area contributed by atoms with E-state index in [2.05, 4.69) is 24.4 Å². The molecular weight excluding hydrogens is 401 g/mol. The molecule has 3 aromatic rings. The van der Waals surface area contributed by atoms with Crippen molar-refractivity contribution in [3.63, 3.8) is 0 Å². The molecule has 0 fully saturated rings. The maximum Gasteiger partial charge on any atom is 0.163 e. The number of ether oxygens (including phenoxy) is 2.